The third kappa shape index (κ3) is 4.95. The maximum absolute atomic E-state index is 13.3. The fourth-order valence-electron chi connectivity index (χ4n) is 5.39. The van der Waals surface area contributed by atoms with Crippen LogP contribution in [0, 0.1) is 0 Å². The summed E-state index contributed by atoms with van der Waals surface area (Å²) in [6.45, 7) is 3.44. The summed E-state index contributed by atoms with van der Waals surface area (Å²) in [4.78, 5) is 41.9. The summed E-state index contributed by atoms with van der Waals surface area (Å²) in [7, 11) is 1.78. The summed E-state index contributed by atoms with van der Waals surface area (Å²) >= 11 is 0. The number of ether oxygens (including phenoxy) is 2. The Bertz CT molecular complexity index is 1170. The lowest BCUT2D eigenvalue weighted by Gasteiger charge is -2.42. The molecule has 36 heavy (non-hydrogen) atoms. The van der Waals surface area contributed by atoms with Gasteiger partial charge in [-0.3, -0.25) is 14.4 Å². The summed E-state index contributed by atoms with van der Waals surface area (Å²) in [6.07, 6.45) is 2.49. The molecule has 190 valence electrons. The molecule has 0 bridgehead atoms. The smallest absolute Gasteiger partial charge is 0.257 e. The molecular formula is C28H33N3O5. The van der Waals surface area contributed by atoms with Crippen LogP contribution in [0.3, 0.4) is 0 Å². The monoisotopic (exact) mass is 491 g/mol. The van der Waals surface area contributed by atoms with Crippen LogP contribution in [0.2, 0.25) is 0 Å². The van der Waals surface area contributed by atoms with E-state index in [1.807, 2.05) is 17.0 Å². The lowest BCUT2D eigenvalue weighted by molar-refractivity contribution is -0.143. The largest absolute Gasteiger partial charge is 0.490 e. The molecule has 3 aliphatic rings. The molecule has 0 radical (unpaired) electrons. The molecule has 3 aliphatic heterocycles. The van der Waals surface area contributed by atoms with E-state index < -0.39 is 0 Å². The quantitative estimate of drug-likeness (QED) is 0.708. The van der Waals surface area contributed by atoms with Crippen LogP contribution in [0.25, 0.3) is 0 Å². The number of amides is 3. The van der Waals surface area contributed by atoms with Crippen molar-refractivity contribution >= 4 is 23.4 Å². The van der Waals surface area contributed by atoms with E-state index in [2.05, 4.69) is 17.4 Å². The van der Waals surface area contributed by atoms with Crippen molar-refractivity contribution in [1.29, 1.82) is 0 Å². The molecule has 1 saturated heterocycles. The highest BCUT2D eigenvalue weighted by molar-refractivity contribution is 5.99. The number of hydrogen-bond donors (Lipinski definition) is 1. The number of likely N-dealkylation sites (N-methyl/N-ethyl adjacent to an activating group) is 1. The second kappa shape index (κ2) is 10.3. The topological polar surface area (TPSA) is 88.2 Å². The Labute approximate surface area is 211 Å². The predicted molar refractivity (Wildman–Crippen MR) is 135 cm³/mol. The van der Waals surface area contributed by atoms with Crippen LogP contribution >= 0.6 is 0 Å². The molecule has 0 saturated carbocycles. The summed E-state index contributed by atoms with van der Waals surface area (Å²) in [5.74, 6) is 0.291. The molecule has 0 spiro atoms. The highest BCUT2D eigenvalue weighted by Gasteiger charge is 2.39. The van der Waals surface area contributed by atoms with Crippen LogP contribution < -0.4 is 10.1 Å². The number of fused-ring (bicyclic) bond motifs is 3. The maximum atomic E-state index is 13.3. The van der Waals surface area contributed by atoms with Crippen molar-refractivity contribution in [2.75, 3.05) is 25.5 Å². The van der Waals surface area contributed by atoms with Crippen LogP contribution in [0.5, 0.6) is 5.75 Å². The van der Waals surface area contributed by atoms with Crippen molar-refractivity contribution in [3.05, 3.63) is 59.2 Å². The minimum atomic E-state index is -0.319. The third-order valence-corrected chi connectivity index (χ3v) is 7.50. The van der Waals surface area contributed by atoms with Gasteiger partial charge < -0.3 is 24.6 Å². The van der Waals surface area contributed by atoms with Crippen LogP contribution in [-0.4, -0.2) is 66.0 Å². The van der Waals surface area contributed by atoms with Gasteiger partial charge in [-0.2, -0.15) is 0 Å². The summed E-state index contributed by atoms with van der Waals surface area (Å²) in [6, 6.07) is 13.3. The highest BCUT2D eigenvalue weighted by Crippen LogP contribution is 2.33. The summed E-state index contributed by atoms with van der Waals surface area (Å²) in [5.41, 5.74) is 3.53. The van der Waals surface area contributed by atoms with E-state index in [0.29, 0.717) is 42.8 Å². The van der Waals surface area contributed by atoms with Gasteiger partial charge in [0.2, 0.25) is 11.8 Å². The standard InChI is InChI=1S/C28H33N3O5/c1-3-26(32)29-20-8-11-24-22(14-20)28(34)30(2)23-10-9-21(36-25(23)17-35-24)15-27(33)31-13-12-18-6-4-5-7-19(18)16-31/h4-8,11,14,21,23,25H,3,9-10,12-13,15-17H2,1-2H3,(H,29,32)/t21-,23-,25+/m0/s1. The van der Waals surface area contributed by atoms with Crippen LogP contribution in [-0.2, 0) is 27.3 Å². The normalized spacial score (nSPS) is 23.4. The van der Waals surface area contributed by atoms with Gasteiger partial charge in [0.25, 0.3) is 5.91 Å². The molecule has 5 rings (SSSR count). The molecule has 1 fully saturated rings. The van der Waals surface area contributed by atoms with Gasteiger partial charge in [-0.1, -0.05) is 31.2 Å². The second-order valence-electron chi connectivity index (χ2n) is 9.82. The van der Waals surface area contributed by atoms with E-state index >= 15 is 0 Å². The van der Waals surface area contributed by atoms with Crippen molar-refractivity contribution in [1.82, 2.24) is 9.80 Å². The minimum Gasteiger partial charge on any atom is -0.490 e. The SMILES string of the molecule is CCC(=O)Nc1ccc2c(c1)C(=O)N(C)[C@H]1CC[C@@H](CC(=O)N3CCc4ccccc4C3)O[C@@H]1CO2. The van der Waals surface area contributed by atoms with Crippen molar-refractivity contribution in [3.63, 3.8) is 0 Å². The van der Waals surface area contributed by atoms with Crippen molar-refractivity contribution in [2.45, 2.75) is 63.8 Å². The van der Waals surface area contributed by atoms with Gasteiger partial charge >= 0.3 is 0 Å². The van der Waals surface area contributed by atoms with Crippen molar-refractivity contribution in [3.8, 4) is 5.75 Å². The molecule has 2 aromatic carbocycles. The molecular weight excluding hydrogens is 458 g/mol. The van der Waals surface area contributed by atoms with Gasteiger partial charge in [-0.25, -0.2) is 0 Å². The van der Waals surface area contributed by atoms with Gasteiger partial charge in [0.15, 0.2) is 0 Å². The fraction of sp³-hybridized carbons (Fsp3) is 0.464. The molecule has 1 N–H and O–H groups in total. The predicted octanol–water partition coefficient (Wildman–Crippen LogP) is 3.39. The number of hydrogen-bond acceptors (Lipinski definition) is 5. The van der Waals surface area contributed by atoms with Crippen molar-refractivity contribution < 1.29 is 23.9 Å². The van der Waals surface area contributed by atoms with E-state index in [1.54, 1.807) is 37.1 Å². The third-order valence-electron chi connectivity index (χ3n) is 7.50. The average Bonchev–Trinajstić information content (AvgIpc) is 2.90. The molecule has 0 aliphatic carbocycles. The average molecular weight is 492 g/mol. The molecule has 8 heteroatoms. The first-order chi connectivity index (χ1) is 17.4. The summed E-state index contributed by atoms with van der Waals surface area (Å²) in [5, 5.41) is 2.80. The Morgan fingerprint density at radius 2 is 1.92 bits per heavy atom. The van der Waals surface area contributed by atoms with E-state index in [9.17, 15) is 14.4 Å². The molecule has 3 heterocycles. The molecule has 8 nitrogen and oxygen atoms in total. The first-order valence-corrected chi connectivity index (χ1v) is 12.8. The van der Waals surface area contributed by atoms with E-state index in [4.69, 9.17) is 9.47 Å². The molecule has 0 unspecified atom stereocenters. The zero-order valence-electron chi connectivity index (χ0n) is 20.9. The highest BCUT2D eigenvalue weighted by atomic mass is 16.5. The van der Waals surface area contributed by atoms with E-state index in [1.165, 1.54) is 11.1 Å². The molecule has 3 atom stereocenters. The Hall–Kier alpha value is -3.39. The number of carbonyl (C=O) groups is 3. The summed E-state index contributed by atoms with van der Waals surface area (Å²) < 4.78 is 12.4. The van der Waals surface area contributed by atoms with Gasteiger partial charge in [-0.05, 0) is 48.6 Å². The van der Waals surface area contributed by atoms with Crippen molar-refractivity contribution in [2.24, 2.45) is 0 Å². The Morgan fingerprint density at radius 1 is 1.11 bits per heavy atom. The van der Waals surface area contributed by atoms with E-state index in [0.717, 1.165) is 19.4 Å². The fourth-order valence-corrected chi connectivity index (χ4v) is 5.39. The lowest BCUT2D eigenvalue weighted by Crippen LogP contribution is -2.54. The molecule has 0 aromatic heterocycles. The maximum Gasteiger partial charge on any atom is 0.257 e. The second-order valence-corrected chi connectivity index (χ2v) is 9.82. The number of benzene rings is 2. The number of nitrogens with one attached hydrogen (secondary N) is 1. The molecule has 3 amide bonds. The van der Waals surface area contributed by atoms with Gasteiger partial charge in [0, 0.05) is 32.2 Å². The van der Waals surface area contributed by atoms with Crippen LogP contribution in [0.4, 0.5) is 5.69 Å². The Kier molecular flexibility index (Phi) is 6.96. The van der Waals surface area contributed by atoms with E-state index in [-0.39, 0.29) is 42.6 Å². The first-order valence-electron chi connectivity index (χ1n) is 12.8. The number of rotatable bonds is 4. The Balaban J connectivity index is 1.24. The molecule has 2 aromatic rings. The minimum absolute atomic E-state index is 0.108. The zero-order valence-corrected chi connectivity index (χ0v) is 20.9. The first kappa shape index (κ1) is 24.3. The number of nitrogens with zero attached hydrogens (tertiary/aromatic N) is 2. The number of carbonyl (C=O) groups excluding carboxylic acids is 3. The lowest BCUT2D eigenvalue weighted by atomic mass is 9.94. The Morgan fingerprint density at radius 3 is 2.72 bits per heavy atom. The van der Waals surface area contributed by atoms with Crippen LogP contribution in [0.1, 0.15) is 54.1 Å². The van der Waals surface area contributed by atoms with Gasteiger partial charge in [-0.15, -0.1) is 0 Å². The number of anilines is 1. The van der Waals surface area contributed by atoms with Gasteiger partial charge in [0.05, 0.1) is 24.1 Å². The van der Waals surface area contributed by atoms with Gasteiger partial charge in [0.1, 0.15) is 18.5 Å². The van der Waals surface area contributed by atoms with Crippen LogP contribution in [0.15, 0.2) is 42.5 Å². The zero-order chi connectivity index (χ0) is 25.2.